The number of amides is 1. The number of aliphatic hydroxyl groups excluding tert-OH is 1. The lowest BCUT2D eigenvalue weighted by Gasteiger charge is -2.34. The summed E-state index contributed by atoms with van der Waals surface area (Å²) in [5.41, 5.74) is -0.0890. The molecule has 1 amide bonds. The second kappa shape index (κ2) is 4.28. The number of carbonyl (C=O) groups is 1. The Morgan fingerprint density at radius 2 is 2.29 bits per heavy atom. The molecule has 1 unspecified atom stereocenters. The quantitative estimate of drug-likeness (QED) is 0.658. The highest BCUT2D eigenvalue weighted by molar-refractivity contribution is 5.82. The van der Waals surface area contributed by atoms with E-state index in [1.165, 1.54) is 0 Å². The average Bonchev–Trinajstić information content (AvgIpc) is 2.21. The van der Waals surface area contributed by atoms with E-state index < -0.39 is 0 Å². The highest BCUT2D eigenvalue weighted by Gasteiger charge is 2.34. The number of rotatable bonds is 2. The van der Waals surface area contributed by atoms with Crippen molar-refractivity contribution in [3.05, 3.63) is 0 Å². The van der Waals surface area contributed by atoms with E-state index in [1.54, 1.807) is 4.90 Å². The largest absolute Gasteiger partial charge is 0.396 e. The molecular weight excluding hydrogens is 180 g/mol. The van der Waals surface area contributed by atoms with Gasteiger partial charge in [-0.1, -0.05) is 0 Å². The van der Waals surface area contributed by atoms with Gasteiger partial charge < -0.3 is 15.3 Å². The van der Waals surface area contributed by atoms with Crippen molar-refractivity contribution >= 4 is 5.91 Å². The third-order valence-corrected chi connectivity index (χ3v) is 3.08. The van der Waals surface area contributed by atoms with Crippen LogP contribution >= 0.6 is 0 Å². The fraction of sp³-hybridized carbons (Fsp3) is 0.900. The van der Waals surface area contributed by atoms with Crippen molar-refractivity contribution in [1.82, 2.24) is 10.2 Å². The zero-order valence-corrected chi connectivity index (χ0v) is 9.21. The Morgan fingerprint density at radius 1 is 1.64 bits per heavy atom. The molecule has 1 heterocycles. The van der Waals surface area contributed by atoms with E-state index in [2.05, 4.69) is 19.2 Å². The lowest BCUT2D eigenvalue weighted by molar-refractivity contribution is -0.136. The fourth-order valence-corrected chi connectivity index (χ4v) is 1.69. The Bertz CT molecular complexity index is 216. The summed E-state index contributed by atoms with van der Waals surface area (Å²) in [6, 6.07) is -0.216. The minimum absolute atomic E-state index is 0.0532. The van der Waals surface area contributed by atoms with Gasteiger partial charge in [0.2, 0.25) is 5.91 Å². The third-order valence-electron chi connectivity index (χ3n) is 3.08. The van der Waals surface area contributed by atoms with Gasteiger partial charge in [-0.2, -0.15) is 0 Å². The molecule has 1 fully saturated rings. The summed E-state index contributed by atoms with van der Waals surface area (Å²) in [6.07, 6.45) is 1.44. The molecule has 0 spiro atoms. The van der Waals surface area contributed by atoms with Crippen LogP contribution in [0.15, 0.2) is 0 Å². The highest BCUT2D eigenvalue weighted by atomic mass is 16.3. The topological polar surface area (TPSA) is 52.6 Å². The molecule has 4 nitrogen and oxygen atoms in total. The molecular formula is C10H20N2O2. The Labute approximate surface area is 85.3 Å². The number of nitrogens with one attached hydrogen (secondary N) is 1. The van der Waals surface area contributed by atoms with Crippen LogP contribution in [0.1, 0.15) is 26.7 Å². The van der Waals surface area contributed by atoms with Gasteiger partial charge in [0.15, 0.2) is 0 Å². The first-order chi connectivity index (χ1) is 6.49. The number of hydrogen-bond acceptors (Lipinski definition) is 3. The molecule has 4 heteroatoms. The summed E-state index contributed by atoms with van der Waals surface area (Å²) >= 11 is 0. The van der Waals surface area contributed by atoms with Crippen molar-refractivity contribution in [3.8, 4) is 0 Å². The first kappa shape index (κ1) is 11.5. The summed E-state index contributed by atoms with van der Waals surface area (Å²) in [5, 5.41) is 12.0. The number of carbonyl (C=O) groups excluding carboxylic acids is 1. The Balaban J connectivity index is 2.74. The van der Waals surface area contributed by atoms with Gasteiger partial charge in [-0.25, -0.2) is 0 Å². The number of aliphatic hydroxyl groups is 1. The van der Waals surface area contributed by atoms with Crippen LogP contribution in [0.4, 0.5) is 0 Å². The van der Waals surface area contributed by atoms with Crippen molar-refractivity contribution in [2.75, 3.05) is 20.2 Å². The molecule has 1 aliphatic rings. The zero-order chi connectivity index (χ0) is 10.8. The SMILES string of the molecule is CN1C(=O)C(CCO)NCCC1(C)C. The molecule has 0 aliphatic carbocycles. The van der Waals surface area contributed by atoms with E-state index in [1.807, 2.05) is 7.05 Å². The third kappa shape index (κ3) is 2.25. The molecule has 0 aromatic heterocycles. The van der Waals surface area contributed by atoms with Gasteiger partial charge in [0.1, 0.15) is 0 Å². The minimum atomic E-state index is -0.216. The second-order valence-electron chi connectivity index (χ2n) is 4.48. The maximum Gasteiger partial charge on any atom is 0.239 e. The lowest BCUT2D eigenvalue weighted by atomic mass is 9.99. The van der Waals surface area contributed by atoms with Crippen LogP contribution in [0.3, 0.4) is 0 Å². The Kier molecular flexibility index (Phi) is 3.50. The van der Waals surface area contributed by atoms with Crippen molar-refractivity contribution in [2.24, 2.45) is 0 Å². The average molecular weight is 200 g/mol. The van der Waals surface area contributed by atoms with E-state index in [4.69, 9.17) is 5.11 Å². The smallest absolute Gasteiger partial charge is 0.239 e. The minimum Gasteiger partial charge on any atom is -0.396 e. The summed E-state index contributed by atoms with van der Waals surface area (Å²) in [6.45, 7) is 5.01. The van der Waals surface area contributed by atoms with Crippen LogP contribution in [0.2, 0.25) is 0 Å². The van der Waals surface area contributed by atoms with Crippen LogP contribution < -0.4 is 5.32 Å². The Morgan fingerprint density at radius 3 is 2.86 bits per heavy atom. The zero-order valence-electron chi connectivity index (χ0n) is 9.21. The van der Waals surface area contributed by atoms with E-state index in [9.17, 15) is 4.79 Å². The van der Waals surface area contributed by atoms with Gasteiger partial charge in [-0.05, 0) is 33.2 Å². The van der Waals surface area contributed by atoms with Crippen LogP contribution in [-0.2, 0) is 4.79 Å². The molecule has 14 heavy (non-hydrogen) atoms. The molecule has 0 saturated carbocycles. The fourth-order valence-electron chi connectivity index (χ4n) is 1.69. The van der Waals surface area contributed by atoms with E-state index in [-0.39, 0.29) is 24.1 Å². The van der Waals surface area contributed by atoms with Crippen LogP contribution in [0, 0.1) is 0 Å². The van der Waals surface area contributed by atoms with E-state index in [0.717, 1.165) is 13.0 Å². The monoisotopic (exact) mass is 200 g/mol. The maximum absolute atomic E-state index is 11.9. The van der Waals surface area contributed by atoms with Crippen molar-refractivity contribution in [2.45, 2.75) is 38.3 Å². The molecule has 2 N–H and O–H groups in total. The summed E-state index contributed by atoms with van der Waals surface area (Å²) in [7, 11) is 1.83. The molecule has 0 bridgehead atoms. The first-order valence-corrected chi connectivity index (χ1v) is 5.11. The normalized spacial score (nSPS) is 27.6. The van der Waals surface area contributed by atoms with Gasteiger partial charge in [-0.3, -0.25) is 4.79 Å². The predicted molar refractivity (Wildman–Crippen MR) is 55.0 cm³/mol. The molecule has 0 radical (unpaired) electrons. The molecule has 1 saturated heterocycles. The highest BCUT2D eigenvalue weighted by Crippen LogP contribution is 2.20. The van der Waals surface area contributed by atoms with Gasteiger partial charge in [-0.15, -0.1) is 0 Å². The maximum atomic E-state index is 11.9. The van der Waals surface area contributed by atoms with Gasteiger partial charge in [0.25, 0.3) is 0 Å². The van der Waals surface area contributed by atoms with Crippen molar-refractivity contribution in [3.63, 3.8) is 0 Å². The number of hydrogen-bond donors (Lipinski definition) is 2. The van der Waals surface area contributed by atoms with Gasteiger partial charge in [0, 0.05) is 19.2 Å². The molecule has 0 aromatic carbocycles. The molecule has 0 aromatic rings. The Hall–Kier alpha value is -0.610. The predicted octanol–water partition coefficient (Wildman–Crippen LogP) is -0.0323. The first-order valence-electron chi connectivity index (χ1n) is 5.11. The summed E-state index contributed by atoms with van der Waals surface area (Å²) < 4.78 is 0. The van der Waals surface area contributed by atoms with Crippen LogP contribution in [0.5, 0.6) is 0 Å². The number of likely N-dealkylation sites (N-methyl/N-ethyl adjacent to an activating group) is 1. The molecule has 1 aliphatic heterocycles. The van der Waals surface area contributed by atoms with Crippen LogP contribution in [0.25, 0.3) is 0 Å². The molecule has 82 valence electrons. The molecule has 1 rings (SSSR count). The summed E-state index contributed by atoms with van der Waals surface area (Å²) in [5.74, 6) is 0.0848. The van der Waals surface area contributed by atoms with Crippen molar-refractivity contribution < 1.29 is 9.90 Å². The second-order valence-corrected chi connectivity index (χ2v) is 4.48. The van der Waals surface area contributed by atoms with Gasteiger partial charge in [0.05, 0.1) is 6.04 Å². The van der Waals surface area contributed by atoms with E-state index >= 15 is 0 Å². The molecule has 1 atom stereocenters. The summed E-state index contributed by atoms with van der Waals surface area (Å²) in [4.78, 5) is 13.7. The number of nitrogens with zero attached hydrogens (tertiary/aromatic N) is 1. The lowest BCUT2D eigenvalue weighted by Crippen LogP contribution is -2.48. The van der Waals surface area contributed by atoms with E-state index in [0.29, 0.717) is 6.42 Å². The van der Waals surface area contributed by atoms with Crippen LogP contribution in [-0.4, -0.2) is 47.7 Å². The standard InChI is InChI=1S/C10H20N2O2/c1-10(2)5-6-11-8(4-7-13)9(14)12(10)3/h8,11,13H,4-7H2,1-3H3. The van der Waals surface area contributed by atoms with Gasteiger partial charge >= 0.3 is 0 Å². The van der Waals surface area contributed by atoms with Crippen molar-refractivity contribution in [1.29, 1.82) is 0 Å².